The lowest BCUT2D eigenvalue weighted by molar-refractivity contribution is 0.0864. The van der Waals surface area contributed by atoms with Crippen molar-refractivity contribution in [2.75, 3.05) is 7.05 Å². The van der Waals surface area contributed by atoms with Crippen molar-refractivity contribution in [3.63, 3.8) is 0 Å². The van der Waals surface area contributed by atoms with E-state index in [9.17, 15) is 4.79 Å². The third kappa shape index (κ3) is 5.55. The maximum Gasteiger partial charge on any atom is 0.276 e. The molecule has 10 heteroatoms. The second kappa shape index (κ2) is 10.4. The molecular weight excluding hydrogens is 437 g/mol. The molecule has 0 saturated heterocycles. The number of hydrogen-bond acceptors (Lipinski definition) is 4. The minimum atomic E-state index is -0.419. The Morgan fingerprint density at radius 3 is 2.38 bits per heavy atom. The Morgan fingerprint density at radius 2 is 1.79 bits per heavy atom. The van der Waals surface area contributed by atoms with Gasteiger partial charge < -0.3 is 21.2 Å². The van der Waals surface area contributed by atoms with Crippen LogP contribution in [0.1, 0.15) is 21.6 Å². The summed E-state index contributed by atoms with van der Waals surface area (Å²) in [7, 11) is 1.43. The average Bonchev–Trinajstić information content (AvgIpc) is 3.10. The van der Waals surface area contributed by atoms with Crippen molar-refractivity contribution < 1.29 is 9.53 Å². The van der Waals surface area contributed by atoms with Crippen LogP contribution in [0.25, 0.3) is 10.9 Å². The Balaban J connectivity index is 0.00000210. The van der Waals surface area contributed by atoms with Crippen LogP contribution in [0.15, 0.2) is 42.5 Å². The van der Waals surface area contributed by atoms with Crippen LogP contribution in [-0.4, -0.2) is 28.8 Å². The summed E-state index contributed by atoms with van der Waals surface area (Å²) in [6.45, 7) is 0.881. The number of carbonyl (C=O) groups excluding carboxylic acids is 1. The first-order valence-electron chi connectivity index (χ1n) is 8.24. The number of hydrogen-bond donors (Lipinski definition) is 4. The molecule has 6 N–H and O–H groups in total. The van der Waals surface area contributed by atoms with Crippen LogP contribution in [0.3, 0.4) is 0 Å². The topological polar surface area (TPSA) is 121 Å². The Kier molecular flexibility index (Phi) is 8.79. The number of halogens is 3. The number of ether oxygens (including phenoxy) is 1. The molecule has 0 radical (unpaired) electrons. The predicted octanol–water partition coefficient (Wildman–Crippen LogP) is 3.67. The molecule has 0 atom stereocenters. The third-order valence-corrected chi connectivity index (χ3v) is 4.53. The van der Waals surface area contributed by atoms with Gasteiger partial charge in [-0.25, -0.2) is 0 Å². The Hall–Kier alpha value is -2.45. The Labute approximate surface area is 185 Å². The molecule has 0 aliphatic rings. The quantitative estimate of drug-likeness (QED) is 0.344. The van der Waals surface area contributed by atoms with E-state index >= 15 is 0 Å². The number of aromatic amines is 1. The fraction of sp³-hybridized carbons (Fsp3) is 0.158. The van der Waals surface area contributed by atoms with E-state index in [4.69, 9.17) is 33.2 Å². The molecule has 1 amide bonds. The monoisotopic (exact) mass is 457 g/mol. The van der Waals surface area contributed by atoms with Crippen LogP contribution < -0.4 is 16.2 Å². The van der Waals surface area contributed by atoms with E-state index in [0.717, 1.165) is 16.0 Å². The molecule has 0 saturated carbocycles. The van der Waals surface area contributed by atoms with Gasteiger partial charge in [-0.1, -0.05) is 35.9 Å². The molecule has 0 spiro atoms. The first-order valence-corrected chi connectivity index (χ1v) is 8.62. The maximum absolute atomic E-state index is 12.3. The first-order chi connectivity index (χ1) is 12.9. The fourth-order valence-electron chi connectivity index (χ4n) is 2.60. The summed E-state index contributed by atoms with van der Waals surface area (Å²) in [5.41, 5.74) is 14.0. The van der Waals surface area contributed by atoms with Crippen molar-refractivity contribution in [1.29, 1.82) is 5.41 Å². The van der Waals surface area contributed by atoms with Gasteiger partial charge in [0.1, 0.15) is 18.1 Å². The average molecular weight is 459 g/mol. The van der Waals surface area contributed by atoms with E-state index in [1.54, 1.807) is 18.2 Å². The summed E-state index contributed by atoms with van der Waals surface area (Å²) < 4.78 is 5.82. The largest absolute Gasteiger partial charge is 0.489 e. The van der Waals surface area contributed by atoms with Gasteiger partial charge in [-0.2, -0.15) is 0 Å². The molecule has 1 heterocycles. The zero-order chi connectivity index (χ0) is 19.6. The van der Waals surface area contributed by atoms with Crippen molar-refractivity contribution in [1.82, 2.24) is 9.88 Å². The molecule has 7 nitrogen and oxygen atoms in total. The highest BCUT2D eigenvalue weighted by Crippen LogP contribution is 2.30. The van der Waals surface area contributed by atoms with Crippen molar-refractivity contribution >= 4 is 59.2 Å². The van der Waals surface area contributed by atoms with Crippen molar-refractivity contribution in [3.8, 4) is 5.75 Å². The van der Waals surface area contributed by atoms with Crippen molar-refractivity contribution in [2.45, 2.75) is 13.2 Å². The number of carbonyl (C=O) groups is 1. The van der Waals surface area contributed by atoms with Gasteiger partial charge in [0.05, 0.1) is 10.5 Å². The summed E-state index contributed by atoms with van der Waals surface area (Å²) in [5.74, 6) is -0.178. The molecular formula is C19H22Cl3N5O2. The predicted molar refractivity (Wildman–Crippen MR) is 120 cm³/mol. The molecule has 3 aromatic rings. The maximum atomic E-state index is 12.3. The molecule has 2 aromatic carbocycles. The second-order valence-corrected chi connectivity index (χ2v) is 6.52. The second-order valence-electron chi connectivity index (χ2n) is 6.11. The number of amides is 1. The summed E-state index contributed by atoms with van der Waals surface area (Å²) in [6.07, 6.45) is 0. The number of guanidine groups is 1. The highest BCUT2D eigenvalue weighted by molar-refractivity contribution is 6.35. The fourth-order valence-corrected chi connectivity index (χ4v) is 2.86. The standard InChI is InChI=1S/C19H20ClN5O2.2ClH/c1-25(19(22)23)18(26)17-8-14-15(20)6-13(7-16(14)24-17)27-10-12-4-2-11(9-21)3-5-12;;/h2-8,24H,9-10,21H2,1H3,(H3,22,23);2*1H. The normalized spacial score (nSPS) is 10.0. The number of fused-ring (bicyclic) bond motifs is 1. The summed E-state index contributed by atoms with van der Waals surface area (Å²) in [4.78, 5) is 16.4. The van der Waals surface area contributed by atoms with Gasteiger partial charge in [-0.3, -0.25) is 15.1 Å². The van der Waals surface area contributed by atoms with E-state index in [2.05, 4.69) is 4.98 Å². The minimum Gasteiger partial charge on any atom is -0.489 e. The highest BCUT2D eigenvalue weighted by Gasteiger charge is 2.17. The smallest absolute Gasteiger partial charge is 0.276 e. The zero-order valence-electron chi connectivity index (χ0n) is 15.6. The van der Waals surface area contributed by atoms with Gasteiger partial charge in [0.25, 0.3) is 5.91 Å². The summed E-state index contributed by atoms with van der Waals surface area (Å²) >= 11 is 6.34. The van der Waals surface area contributed by atoms with Crippen LogP contribution in [-0.2, 0) is 13.2 Å². The Morgan fingerprint density at radius 1 is 1.17 bits per heavy atom. The van der Waals surface area contributed by atoms with Gasteiger partial charge >= 0.3 is 0 Å². The van der Waals surface area contributed by atoms with Crippen molar-refractivity contribution in [3.05, 3.63) is 64.3 Å². The number of benzene rings is 2. The molecule has 0 bridgehead atoms. The molecule has 0 fully saturated rings. The molecule has 156 valence electrons. The number of aromatic nitrogens is 1. The highest BCUT2D eigenvalue weighted by atomic mass is 35.5. The third-order valence-electron chi connectivity index (χ3n) is 4.22. The van der Waals surface area contributed by atoms with E-state index in [1.807, 2.05) is 24.3 Å². The van der Waals surface area contributed by atoms with Gasteiger partial charge in [0.15, 0.2) is 5.96 Å². The van der Waals surface area contributed by atoms with Gasteiger partial charge in [0, 0.05) is 25.0 Å². The van der Waals surface area contributed by atoms with Crippen LogP contribution in [0.4, 0.5) is 0 Å². The summed E-state index contributed by atoms with van der Waals surface area (Å²) in [6, 6.07) is 13.0. The van der Waals surface area contributed by atoms with Gasteiger partial charge in [0.2, 0.25) is 0 Å². The molecule has 1 aromatic heterocycles. The van der Waals surface area contributed by atoms with Gasteiger partial charge in [-0.15, -0.1) is 24.8 Å². The van der Waals surface area contributed by atoms with Crippen molar-refractivity contribution in [2.24, 2.45) is 11.5 Å². The zero-order valence-corrected chi connectivity index (χ0v) is 18.0. The molecule has 0 aliphatic carbocycles. The van der Waals surface area contributed by atoms with E-state index in [1.165, 1.54) is 7.05 Å². The van der Waals surface area contributed by atoms with E-state index in [-0.39, 0.29) is 30.8 Å². The Bertz CT molecular complexity index is 1000. The molecule has 29 heavy (non-hydrogen) atoms. The summed E-state index contributed by atoms with van der Waals surface area (Å²) in [5, 5.41) is 8.52. The lowest BCUT2D eigenvalue weighted by atomic mass is 10.1. The lowest BCUT2D eigenvalue weighted by Crippen LogP contribution is -2.38. The van der Waals surface area contributed by atoms with Crippen LogP contribution in [0.5, 0.6) is 5.75 Å². The number of rotatable bonds is 5. The lowest BCUT2D eigenvalue weighted by Gasteiger charge is -2.12. The van der Waals surface area contributed by atoms with E-state index < -0.39 is 5.91 Å². The van der Waals surface area contributed by atoms with Crippen LogP contribution in [0.2, 0.25) is 5.02 Å². The first kappa shape index (κ1) is 24.6. The number of nitrogens with zero attached hydrogens (tertiary/aromatic N) is 1. The van der Waals surface area contributed by atoms with Gasteiger partial charge in [-0.05, 0) is 23.3 Å². The van der Waals surface area contributed by atoms with Crippen LogP contribution >= 0.6 is 36.4 Å². The number of nitrogens with one attached hydrogen (secondary N) is 2. The molecule has 0 unspecified atom stereocenters. The number of nitrogens with two attached hydrogens (primary N) is 2. The van der Waals surface area contributed by atoms with Crippen LogP contribution in [0, 0.1) is 5.41 Å². The molecule has 0 aliphatic heterocycles. The minimum absolute atomic E-state index is 0. The van der Waals surface area contributed by atoms with E-state index in [0.29, 0.717) is 40.5 Å². The SMILES string of the molecule is CN(C(=N)N)C(=O)c1cc2c(Cl)cc(OCc3ccc(CN)cc3)cc2[nH]1.Cl.Cl. The number of H-pyrrole nitrogens is 1. The molecule has 3 rings (SSSR count).